The van der Waals surface area contributed by atoms with Crippen molar-refractivity contribution in [2.45, 2.75) is 55.8 Å². The van der Waals surface area contributed by atoms with E-state index in [0.717, 1.165) is 41.6 Å². The largest absolute Gasteiger partial charge is 0.493 e. The Balaban J connectivity index is 1.30. The number of amides is 1. The van der Waals surface area contributed by atoms with Gasteiger partial charge in [-0.2, -0.15) is 0 Å². The van der Waals surface area contributed by atoms with E-state index in [4.69, 9.17) is 9.15 Å². The molecule has 162 valence electrons. The number of ether oxygens (including phenoxy) is 1. The van der Waals surface area contributed by atoms with Crippen molar-refractivity contribution in [1.29, 1.82) is 0 Å². The lowest BCUT2D eigenvalue weighted by atomic mass is 9.95. The second kappa shape index (κ2) is 9.18. The van der Waals surface area contributed by atoms with E-state index >= 15 is 0 Å². The molecule has 31 heavy (non-hydrogen) atoms. The number of benzene rings is 1. The number of furan rings is 1. The maximum absolute atomic E-state index is 12.8. The number of nitrogens with one attached hydrogen (secondary N) is 1. The van der Waals surface area contributed by atoms with Gasteiger partial charge in [0.1, 0.15) is 5.75 Å². The number of thioether (sulfide) groups is 1. The Morgan fingerprint density at radius 3 is 2.81 bits per heavy atom. The van der Waals surface area contributed by atoms with Gasteiger partial charge in [-0.05, 0) is 31.0 Å². The van der Waals surface area contributed by atoms with Crippen molar-refractivity contribution in [3.8, 4) is 17.3 Å². The first-order valence-corrected chi connectivity index (χ1v) is 11.9. The Labute approximate surface area is 185 Å². The third-order valence-electron chi connectivity index (χ3n) is 5.97. The summed E-state index contributed by atoms with van der Waals surface area (Å²) in [5.74, 6) is 2.60. The highest BCUT2D eigenvalue weighted by Crippen LogP contribution is 2.36. The van der Waals surface area contributed by atoms with Crippen molar-refractivity contribution in [2.24, 2.45) is 0 Å². The fourth-order valence-electron chi connectivity index (χ4n) is 4.48. The quantitative estimate of drug-likeness (QED) is 0.558. The molecule has 3 aromatic rings. The maximum atomic E-state index is 12.8. The van der Waals surface area contributed by atoms with E-state index < -0.39 is 0 Å². The zero-order valence-corrected chi connectivity index (χ0v) is 18.1. The molecule has 5 rings (SSSR count). The topological polar surface area (TPSA) is 82.2 Å². The SMILES string of the molecule is O=C(CSc1nnc(-c2ccco2)n1C1CCCCC1)N[C@H]1CCOc2ccccc21. The van der Waals surface area contributed by atoms with Crippen molar-refractivity contribution in [3.05, 3.63) is 48.2 Å². The zero-order valence-electron chi connectivity index (χ0n) is 17.3. The Hall–Kier alpha value is -2.74. The standard InChI is InChI=1S/C23H26N4O3S/c28-21(24-18-12-14-30-19-10-5-4-9-17(18)19)15-31-23-26-25-22(20-11-6-13-29-20)27(23)16-7-2-1-3-8-16/h4-6,9-11,13,16,18H,1-3,7-8,12,14-15H2,(H,24,28)/t18-/m0/s1. The molecule has 1 amide bonds. The van der Waals surface area contributed by atoms with E-state index in [9.17, 15) is 4.79 Å². The summed E-state index contributed by atoms with van der Waals surface area (Å²) in [4.78, 5) is 12.8. The third kappa shape index (κ3) is 4.35. The van der Waals surface area contributed by atoms with Crippen molar-refractivity contribution in [2.75, 3.05) is 12.4 Å². The highest BCUT2D eigenvalue weighted by Gasteiger charge is 2.26. The molecule has 2 aromatic heterocycles. The van der Waals surface area contributed by atoms with Crippen LogP contribution < -0.4 is 10.1 Å². The van der Waals surface area contributed by atoms with Crippen molar-refractivity contribution >= 4 is 17.7 Å². The molecule has 8 heteroatoms. The molecule has 1 aliphatic carbocycles. The molecule has 1 fully saturated rings. The second-order valence-electron chi connectivity index (χ2n) is 8.03. The zero-order chi connectivity index (χ0) is 21.0. The molecular formula is C23H26N4O3S. The lowest BCUT2D eigenvalue weighted by Crippen LogP contribution is -2.33. The number of para-hydroxylation sites is 1. The average molecular weight is 439 g/mol. The second-order valence-corrected chi connectivity index (χ2v) is 8.97. The minimum absolute atomic E-state index is 0.00977. The molecule has 1 atom stereocenters. The van der Waals surface area contributed by atoms with Gasteiger partial charge in [-0.1, -0.05) is 49.2 Å². The number of hydrogen-bond acceptors (Lipinski definition) is 6. The van der Waals surface area contributed by atoms with E-state index in [-0.39, 0.29) is 11.9 Å². The van der Waals surface area contributed by atoms with E-state index in [0.29, 0.717) is 24.2 Å². The maximum Gasteiger partial charge on any atom is 0.230 e. The van der Waals surface area contributed by atoms with Crippen LogP contribution in [0.15, 0.2) is 52.2 Å². The average Bonchev–Trinajstić information content (AvgIpc) is 3.48. The van der Waals surface area contributed by atoms with Gasteiger partial charge in [0.15, 0.2) is 10.9 Å². The van der Waals surface area contributed by atoms with E-state index in [1.807, 2.05) is 36.4 Å². The first-order chi connectivity index (χ1) is 15.3. The minimum atomic E-state index is -0.0204. The van der Waals surface area contributed by atoms with Crippen LogP contribution in [0.3, 0.4) is 0 Å². The van der Waals surface area contributed by atoms with Gasteiger partial charge in [0, 0.05) is 18.0 Å². The molecule has 0 unspecified atom stereocenters. The van der Waals surface area contributed by atoms with Crippen LogP contribution in [0.2, 0.25) is 0 Å². The van der Waals surface area contributed by atoms with Crippen LogP contribution in [0.4, 0.5) is 0 Å². The number of carbonyl (C=O) groups is 1. The number of rotatable bonds is 6. The van der Waals surface area contributed by atoms with E-state index in [2.05, 4.69) is 20.1 Å². The highest BCUT2D eigenvalue weighted by molar-refractivity contribution is 7.99. The summed E-state index contributed by atoms with van der Waals surface area (Å²) in [6.45, 7) is 0.609. The summed E-state index contributed by atoms with van der Waals surface area (Å²) in [7, 11) is 0. The first-order valence-electron chi connectivity index (χ1n) is 10.9. The molecule has 1 N–H and O–H groups in total. The fourth-order valence-corrected chi connectivity index (χ4v) is 5.29. The summed E-state index contributed by atoms with van der Waals surface area (Å²) >= 11 is 1.44. The Bertz CT molecular complexity index is 1030. The molecule has 0 bridgehead atoms. The van der Waals surface area contributed by atoms with Crippen molar-refractivity contribution < 1.29 is 13.9 Å². The number of fused-ring (bicyclic) bond motifs is 1. The van der Waals surface area contributed by atoms with Gasteiger partial charge >= 0.3 is 0 Å². The molecule has 0 saturated heterocycles. The Morgan fingerprint density at radius 1 is 1.10 bits per heavy atom. The van der Waals surface area contributed by atoms with Crippen LogP contribution in [0.5, 0.6) is 5.75 Å². The van der Waals surface area contributed by atoms with Gasteiger partial charge in [0.2, 0.25) is 11.7 Å². The minimum Gasteiger partial charge on any atom is -0.493 e. The van der Waals surface area contributed by atoms with Gasteiger partial charge in [0.25, 0.3) is 0 Å². The van der Waals surface area contributed by atoms with E-state index in [1.165, 1.54) is 31.0 Å². The lowest BCUT2D eigenvalue weighted by Gasteiger charge is -2.27. The highest BCUT2D eigenvalue weighted by atomic mass is 32.2. The fraction of sp³-hybridized carbons (Fsp3) is 0.435. The van der Waals surface area contributed by atoms with Gasteiger partial charge in [-0.3, -0.25) is 9.36 Å². The Morgan fingerprint density at radius 2 is 1.97 bits per heavy atom. The van der Waals surface area contributed by atoms with Crippen molar-refractivity contribution in [3.63, 3.8) is 0 Å². The molecular weight excluding hydrogens is 412 g/mol. The monoisotopic (exact) mass is 438 g/mol. The van der Waals surface area contributed by atoms with Crippen molar-refractivity contribution in [1.82, 2.24) is 20.1 Å². The molecule has 0 radical (unpaired) electrons. The number of hydrogen-bond donors (Lipinski definition) is 1. The normalized spacial score (nSPS) is 18.9. The molecule has 7 nitrogen and oxygen atoms in total. The molecule has 1 aromatic carbocycles. The van der Waals surface area contributed by atoms with Crippen LogP contribution >= 0.6 is 11.8 Å². The number of carbonyl (C=O) groups excluding carboxylic acids is 1. The van der Waals surface area contributed by atoms with Gasteiger partial charge in [0.05, 0.1) is 24.7 Å². The first kappa shape index (κ1) is 20.2. The number of nitrogens with zero attached hydrogens (tertiary/aromatic N) is 3. The summed E-state index contributed by atoms with van der Waals surface area (Å²) in [5, 5.41) is 12.8. The third-order valence-corrected chi connectivity index (χ3v) is 6.92. The molecule has 2 aliphatic rings. The van der Waals surface area contributed by atoms with Crippen LogP contribution in [-0.2, 0) is 4.79 Å². The van der Waals surface area contributed by atoms with Crippen LogP contribution in [0.25, 0.3) is 11.6 Å². The summed E-state index contributed by atoms with van der Waals surface area (Å²) in [5.41, 5.74) is 1.04. The smallest absolute Gasteiger partial charge is 0.230 e. The predicted octanol–water partition coefficient (Wildman–Crippen LogP) is 4.78. The summed E-state index contributed by atoms with van der Waals surface area (Å²) in [6.07, 6.45) is 8.30. The van der Waals surface area contributed by atoms with Gasteiger partial charge in [-0.25, -0.2) is 0 Å². The van der Waals surface area contributed by atoms with Crippen LogP contribution in [0, 0.1) is 0 Å². The summed E-state index contributed by atoms with van der Waals surface area (Å²) in [6, 6.07) is 12.0. The number of aromatic nitrogens is 3. The van der Waals surface area contributed by atoms with Crippen LogP contribution in [0.1, 0.15) is 56.2 Å². The molecule has 1 aliphatic heterocycles. The van der Waals surface area contributed by atoms with Crippen LogP contribution in [-0.4, -0.2) is 33.0 Å². The van der Waals surface area contributed by atoms with Gasteiger partial charge < -0.3 is 14.5 Å². The molecule has 1 saturated carbocycles. The Kier molecular flexibility index (Phi) is 5.97. The van der Waals surface area contributed by atoms with Gasteiger partial charge in [-0.15, -0.1) is 10.2 Å². The van der Waals surface area contributed by atoms with E-state index in [1.54, 1.807) is 6.26 Å². The molecule has 0 spiro atoms. The lowest BCUT2D eigenvalue weighted by molar-refractivity contribution is -0.119. The predicted molar refractivity (Wildman–Crippen MR) is 118 cm³/mol. The summed E-state index contributed by atoms with van der Waals surface area (Å²) < 4.78 is 13.5. The molecule has 3 heterocycles.